The Morgan fingerprint density at radius 2 is 0.900 bits per heavy atom. The summed E-state index contributed by atoms with van der Waals surface area (Å²) in [5, 5.41) is 18.6. The zero-order chi connectivity index (χ0) is 13.9. The maximum atomic E-state index is 9.32. The fourth-order valence-electron chi connectivity index (χ4n) is 2.47. The van der Waals surface area contributed by atoms with Crippen molar-refractivity contribution in [3.05, 3.63) is 71.8 Å². The monoisotopic (exact) mass is 264 g/mol. The van der Waals surface area contributed by atoms with Crippen molar-refractivity contribution in [3.8, 4) is 11.5 Å². The van der Waals surface area contributed by atoms with Crippen molar-refractivity contribution in [2.24, 2.45) is 0 Å². The van der Waals surface area contributed by atoms with Crippen LogP contribution in [0.1, 0.15) is 24.0 Å². The molecule has 0 bridgehead atoms. The number of benzene rings is 2. The van der Waals surface area contributed by atoms with Gasteiger partial charge in [-0.1, -0.05) is 36.4 Å². The first-order valence-electron chi connectivity index (χ1n) is 6.71. The molecular formula is C18H16O2. The van der Waals surface area contributed by atoms with Gasteiger partial charge in [0, 0.05) is 0 Å². The van der Waals surface area contributed by atoms with Crippen LogP contribution in [0, 0.1) is 0 Å². The average molecular weight is 264 g/mol. The molecule has 0 heterocycles. The summed E-state index contributed by atoms with van der Waals surface area (Å²) in [6.07, 6.45) is 6.24. The van der Waals surface area contributed by atoms with Gasteiger partial charge >= 0.3 is 0 Å². The summed E-state index contributed by atoms with van der Waals surface area (Å²) < 4.78 is 0. The Bertz CT molecular complexity index is 600. The van der Waals surface area contributed by atoms with Gasteiger partial charge in [-0.15, -0.1) is 0 Å². The smallest absolute Gasteiger partial charge is 0.115 e. The maximum Gasteiger partial charge on any atom is 0.115 e. The Morgan fingerprint density at radius 1 is 0.550 bits per heavy atom. The Balaban J connectivity index is 1.85. The Hall–Kier alpha value is -2.48. The van der Waals surface area contributed by atoms with E-state index in [4.69, 9.17) is 0 Å². The van der Waals surface area contributed by atoms with E-state index in [9.17, 15) is 10.2 Å². The molecule has 2 nitrogen and oxygen atoms in total. The molecule has 100 valence electrons. The van der Waals surface area contributed by atoms with Gasteiger partial charge in [-0.2, -0.15) is 0 Å². The second-order valence-corrected chi connectivity index (χ2v) is 4.98. The minimum absolute atomic E-state index is 0.297. The summed E-state index contributed by atoms with van der Waals surface area (Å²) in [5.74, 6) is 0.593. The highest BCUT2D eigenvalue weighted by Crippen LogP contribution is 2.32. The van der Waals surface area contributed by atoms with Crippen molar-refractivity contribution in [1.82, 2.24) is 0 Å². The third-order valence-electron chi connectivity index (χ3n) is 3.63. The van der Waals surface area contributed by atoms with Crippen LogP contribution in [0.4, 0.5) is 0 Å². The molecule has 0 unspecified atom stereocenters. The average Bonchev–Trinajstić information content (AvgIpc) is 2.49. The summed E-state index contributed by atoms with van der Waals surface area (Å²) in [6, 6.07) is 14.7. The summed E-state index contributed by atoms with van der Waals surface area (Å²) >= 11 is 0. The first kappa shape index (κ1) is 12.5. The quantitative estimate of drug-likeness (QED) is 0.846. The number of phenols is 2. The number of phenolic OH excluding ortho intramolecular Hbond substituents is 2. The number of allylic oxidation sites excluding steroid dienone is 4. The Morgan fingerprint density at radius 3 is 1.20 bits per heavy atom. The molecule has 2 aromatic carbocycles. The minimum Gasteiger partial charge on any atom is -0.508 e. The predicted molar refractivity (Wildman–Crippen MR) is 81.4 cm³/mol. The van der Waals surface area contributed by atoms with Gasteiger partial charge in [0.2, 0.25) is 0 Å². The van der Waals surface area contributed by atoms with E-state index in [0.717, 1.165) is 24.0 Å². The van der Waals surface area contributed by atoms with Crippen molar-refractivity contribution < 1.29 is 10.2 Å². The lowest BCUT2D eigenvalue weighted by Gasteiger charge is -2.15. The fourth-order valence-corrected chi connectivity index (χ4v) is 2.47. The first-order valence-corrected chi connectivity index (χ1v) is 6.71. The van der Waals surface area contributed by atoms with Gasteiger partial charge in [-0.25, -0.2) is 0 Å². The molecule has 2 heteroatoms. The molecule has 0 saturated carbocycles. The molecule has 0 spiro atoms. The number of rotatable bonds is 2. The lowest BCUT2D eigenvalue weighted by atomic mass is 9.90. The standard InChI is InChI=1S/C18H16O2/c19-17-9-5-15(6-10-17)13-1-2-14(4-3-13)16-7-11-18(20)12-8-16/h1-2,5-12,19-20H,3-4H2. The third-order valence-corrected chi connectivity index (χ3v) is 3.63. The van der Waals surface area contributed by atoms with Crippen molar-refractivity contribution in [1.29, 1.82) is 0 Å². The lowest BCUT2D eigenvalue weighted by Crippen LogP contribution is -1.93. The highest BCUT2D eigenvalue weighted by atomic mass is 16.3. The van der Waals surface area contributed by atoms with Crippen LogP contribution in [0.3, 0.4) is 0 Å². The molecule has 1 aliphatic carbocycles. The van der Waals surface area contributed by atoms with E-state index in [-0.39, 0.29) is 0 Å². The molecular weight excluding hydrogens is 248 g/mol. The molecule has 3 rings (SSSR count). The van der Waals surface area contributed by atoms with Crippen LogP contribution in [0.2, 0.25) is 0 Å². The van der Waals surface area contributed by atoms with E-state index in [1.54, 1.807) is 24.3 Å². The molecule has 20 heavy (non-hydrogen) atoms. The number of hydrogen-bond acceptors (Lipinski definition) is 2. The van der Waals surface area contributed by atoms with E-state index in [0.29, 0.717) is 11.5 Å². The summed E-state index contributed by atoms with van der Waals surface area (Å²) in [5.41, 5.74) is 4.88. The largest absolute Gasteiger partial charge is 0.508 e. The van der Waals surface area contributed by atoms with Gasteiger partial charge in [0.1, 0.15) is 11.5 Å². The molecule has 1 aliphatic rings. The zero-order valence-corrected chi connectivity index (χ0v) is 11.1. The van der Waals surface area contributed by atoms with E-state index in [1.165, 1.54) is 11.1 Å². The molecule has 2 N–H and O–H groups in total. The van der Waals surface area contributed by atoms with Crippen molar-refractivity contribution in [2.75, 3.05) is 0 Å². The van der Waals surface area contributed by atoms with E-state index in [1.807, 2.05) is 24.3 Å². The van der Waals surface area contributed by atoms with Crippen LogP contribution in [0.15, 0.2) is 60.7 Å². The second kappa shape index (κ2) is 5.25. The van der Waals surface area contributed by atoms with Crippen LogP contribution in [0.25, 0.3) is 11.1 Å². The summed E-state index contributed by atoms with van der Waals surface area (Å²) in [4.78, 5) is 0. The van der Waals surface area contributed by atoms with Crippen LogP contribution >= 0.6 is 0 Å². The molecule has 2 aromatic rings. The van der Waals surface area contributed by atoms with Gasteiger partial charge in [0.05, 0.1) is 0 Å². The van der Waals surface area contributed by atoms with E-state index in [2.05, 4.69) is 12.2 Å². The molecule has 0 amide bonds. The lowest BCUT2D eigenvalue weighted by molar-refractivity contribution is 0.474. The predicted octanol–water partition coefficient (Wildman–Crippen LogP) is 4.36. The zero-order valence-electron chi connectivity index (χ0n) is 11.1. The summed E-state index contributed by atoms with van der Waals surface area (Å²) in [7, 11) is 0. The van der Waals surface area contributed by atoms with Crippen LogP contribution in [0.5, 0.6) is 11.5 Å². The Labute approximate surface area is 118 Å². The highest BCUT2D eigenvalue weighted by Gasteiger charge is 2.10. The minimum atomic E-state index is 0.297. The highest BCUT2D eigenvalue weighted by molar-refractivity contribution is 5.78. The molecule has 0 saturated heterocycles. The fraction of sp³-hybridized carbons (Fsp3) is 0.111. The number of hydrogen-bond donors (Lipinski definition) is 2. The van der Waals surface area contributed by atoms with E-state index < -0.39 is 0 Å². The van der Waals surface area contributed by atoms with Gasteiger partial charge in [0.25, 0.3) is 0 Å². The Kier molecular flexibility index (Phi) is 3.30. The topological polar surface area (TPSA) is 40.5 Å². The first-order chi connectivity index (χ1) is 9.72. The third kappa shape index (κ3) is 2.59. The van der Waals surface area contributed by atoms with Gasteiger partial charge < -0.3 is 10.2 Å². The van der Waals surface area contributed by atoms with Gasteiger partial charge in [-0.3, -0.25) is 0 Å². The molecule has 0 aliphatic heterocycles. The van der Waals surface area contributed by atoms with Crippen LogP contribution < -0.4 is 0 Å². The molecule has 0 fully saturated rings. The second-order valence-electron chi connectivity index (χ2n) is 4.98. The summed E-state index contributed by atoms with van der Waals surface area (Å²) in [6.45, 7) is 0. The maximum absolute atomic E-state index is 9.32. The van der Waals surface area contributed by atoms with Gasteiger partial charge in [0.15, 0.2) is 0 Å². The van der Waals surface area contributed by atoms with Crippen molar-refractivity contribution in [3.63, 3.8) is 0 Å². The number of aromatic hydroxyl groups is 2. The van der Waals surface area contributed by atoms with Crippen LogP contribution in [-0.4, -0.2) is 10.2 Å². The molecule has 0 atom stereocenters. The van der Waals surface area contributed by atoms with Crippen LogP contribution in [-0.2, 0) is 0 Å². The van der Waals surface area contributed by atoms with Gasteiger partial charge in [-0.05, 0) is 59.4 Å². The molecule has 0 radical (unpaired) electrons. The SMILES string of the molecule is Oc1ccc(C2=CC=C(c3ccc(O)cc3)CC2)cc1. The van der Waals surface area contributed by atoms with E-state index >= 15 is 0 Å². The molecule has 0 aromatic heterocycles. The van der Waals surface area contributed by atoms with Crippen molar-refractivity contribution in [2.45, 2.75) is 12.8 Å². The normalized spacial score (nSPS) is 14.6. The van der Waals surface area contributed by atoms with Crippen molar-refractivity contribution >= 4 is 11.1 Å².